The monoisotopic (exact) mass is 459 g/mol. The van der Waals surface area contributed by atoms with Crippen LogP contribution < -0.4 is 21.3 Å². The molecule has 0 fully saturated rings. The molecule has 2 aromatic carbocycles. The minimum Gasteiger partial charge on any atom is -0.493 e. The highest BCUT2D eigenvalue weighted by atomic mass is 16.5. The molecule has 0 atom stereocenters. The Bertz CT molecular complexity index is 1370. The molecule has 0 spiro atoms. The van der Waals surface area contributed by atoms with Gasteiger partial charge in [-0.2, -0.15) is 5.10 Å². The van der Waals surface area contributed by atoms with Gasteiger partial charge in [0.25, 0.3) is 5.56 Å². The van der Waals surface area contributed by atoms with Crippen LogP contribution in [0.15, 0.2) is 58.3 Å². The Morgan fingerprint density at radius 3 is 2.74 bits per heavy atom. The average molecular weight is 460 g/mol. The Balaban J connectivity index is 1.71. The largest absolute Gasteiger partial charge is 0.493 e. The fourth-order valence-corrected chi connectivity index (χ4v) is 3.80. The molecule has 2 aromatic heterocycles. The molecule has 0 saturated heterocycles. The van der Waals surface area contributed by atoms with Gasteiger partial charge in [0, 0.05) is 12.7 Å². The maximum Gasteiger partial charge on any atom is 0.277 e. The third-order valence-corrected chi connectivity index (χ3v) is 5.33. The molecule has 176 valence electrons. The van der Waals surface area contributed by atoms with Gasteiger partial charge in [-0.25, -0.2) is 9.98 Å². The summed E-state index contributed by atoms with van der Waals surface area (Å²) in [5.74, 6) is 1.30. The molecule has 34 heavy (non-hydrogen) atoms. The second kappa shape index (κ2) is 10.2. The summed E-state index contributed by atoms with van der Waals surface area (Å²) in [5.41, 5.74) is 10.1. The number of aliphatic imine (C=N–C) groups is 1. The molecule has 0 unspecified atom stereocenters. The van der Waals surface area contributed by atoms with Crippen LogP contribution in [0.1, 0.15) is 31.5 Å². The van der Waals surface area contributed by atoms with E-state index in [4.69, 9.17) is 15.5 Å². The van der Waals surface area contributed by atoms with Gasteiger partial charge >= 0.3 is 0 Å². The van der Waals surface area contributed by atoms with E-state index in [1.54, 1.807) is 11.7 Å². The number of fused-ring (bicyclic) bond motifs is 1. The topological polar surface area (TPSA) is 123 Å². The molecule has 0 saturated carbocycles. The van der Waals surface area contributed by atoms with Crippen molar-refractivity contribution < 1.29 is 4.74 Å². The summed E-state index contributed by atoms with van der Waals surface area (Å²) >= 11 is 0. The lowest BCUT2D eigenvalue weighted by atomic mass is 10.1. The third-order valence-electron chi connectivity index (χ3n) is 5.33. The summed E-state index contributed by atoms with van der Waals surface area (Å²) in [5, 5.41) is 7.61. The Kier molecular flexibility index (Phi) is 6.91. The van der Waals surface area contributed by atoms with Gasteiger partial charge < -0.3 is 20.8 Å². The van der Waals surface area contributed by atoms with Crippen molar-refractivity contribution in [2.24, 2.45) is 17.8 Å². The van der Waals surface area contributed by atoms with Crippen LogP contribution in [0, 0.1) is 0 Å². The zero-order valence-corrected chi connectivity index (χ0v) is 19.6. The van der Waals surface area contributed by atoms with E-state index in [1.807, 2.05) is 55.5 Å². The number of nitrogens with one attached hydrogen (secondary N) is 2. The highest BCUT2D eigenvalue weighted by Crippen LogP contribution is 2.31. The van der Waals surface area contributed by atoms with Crippen LogP contribution in [0.3, 0.4) is 0 Å². The third kappa shape index (κ3) is 4.93. The van der Waals surface area contributed by atoms with E-state index in [9.17, 15) is 4.79 Å². The van der Waals surface area contributed by atoms with E-state index in [1.165, 1.54) is 0 Å². The molecule has 2 heterocycles. The number of ether oxygens (including phenoxy) is 1. The van der Waals surface area contributed by atoms with E-state index >= 15 is 0 Å². The molecular weight excluding hydrogens is 430 g/mol. The molecule has 0 amide bonds. The Hall–Kier alpha value is -4.14. The van der Waals surface area contributed by atoms with Gasteiger partial charge in [0.2, 0.25) is 0 Å². The van der Waals surface area contributed by atoms with Gasteiger partial charge in [-0.15, -0.1) is 0 Å². The molecule has 9 nitrogen and oxygen atoms in total. The molecule has 4 aromatic rings. The summed E-state index contributed by atoms with van der Waals surface area (Å²) in [6.45, 7) is 4.92. The molecular formula is C25H29N7O2. The second-order valence-electron chi connectivity index (χ2n) is 7.89. The molecule has 0 aliphatic carbocycles. The van der Waals surface area contributed by atoms with Gasteiger partial charge in [0.05, 0.1) is 24.4 Å². The van der Waals surface area contributed by atoms with Crippen molar-refractivity contribution >= 4 is 22.7 Å². The Morgan fingerprint density at radius 1 is 1.21 bits per heavy atom. The fraction of sp³-hybridized carbons (Fsp3) is 0.280. The molecule has 0 radical (unpaired) electrons. The first-order valence-electron chi connectivity index (χ1n) is 11.3. The van der Waals surface area contributed by atoms with Crippen molar-refractivity contribution in [1.82, 2.24) is 19.7 Å². The smallest absolute Gasteiger partial charge is 0.277 e. The van der Waals surface area contributed by atoms with E-state index < -0.39 is 0 Å². The summed E-state index contributed by atoms with van der Waals surface area (Å²) in [6.07, 6.45) is 1.64. The van der Waals surface area contributed by atoms with E-state index in [0.29, 0.717) is 47.0 Å². The Morgan fingerprint density at radius 2 is 2.00 bits per heavy atom. The number of rotatable bonds is 8. The number of benzene rings is 2. The number of aryl methyl sites for hydroxylation is 2. The lowest BCUT2D eigenvalue weighted by Gasteiger charge is -2.13. The highest BCUT2D eigenvalue weighted by Gasteiger charge is 2.18. The lowest BCUT2D eigenvalue weighted by Crippen LogP contribution is -2.22. The standard InChI is InChI=1S/C25H29N7O2/c1-4-9-19-21-22(32(3)31-19)24(33)30-23(29-21)18-14-17(12-13-20(18)34-5-2)28-25(26)27-15-16-10-7-6-8-11-16/h6-8,10-14H,4-5,9,15H2,1-3H3,(H3,26,27,28)(H,29,30,33). The average Bonchev–Trinajstić information content (AvgIpc) is 3.15. The molecule has 0 aliphatic rings. The van der Waals surface area contributed by atoms with Crippen molar-refractivity contribution in [2.45, 2.75) is 33.2 Å². The first-order chi connectivity index (χ1) is 16.5. The summed E-state index contributed by atoms with van der Waals surface area (Å²) in [6, 6.07) is 15.4. The SMILES string of the molecule is CCCc1nn(C)c2c(=O)[nH]c(-c3cc(NC(N)=NCc4ccccc4)ccc3OCC)nc12. The first-order valence-corrected chi connectivity index (χ1v) is 11.3. The van der Waals surface area contributed by atoms with E-state index in [2.05, 4.69) is 27.3 Å². The zero-order chi connectivity index (χ0) is 24.1. The van der Waals surface area contributed by atoms with Crippen molar-refractivity contribution in [3.05, 3.63) is 70.1 Å². The minimum absolute atomic E-state index is 0.248. The number of nitrogens with two attached hydrogens (primary N) is 1. The van der Waals surface area contributed by atoms with Crippen molar-refractivity contribution in [3.63, 3.8) is 0 Å². The number of aromatic amines is 1. The highest BCUT2D eigenvalue weighted by molar-refractivity contribution is 5.93. The zero-order valence-electron chi connectivity index (χ0n) is 19.6. The fourth-order valence-electron chi connectivity index (χ4n) is 3.80. The normalized spacial score (nSPS) is 11.7. The van der Waals surface area contributed by atoms with Crippen LogP contribution in [0.25, 0.3) is 22.4 Å². The van der Waals surface area contributed by atoms with Crippen LogP contribution in [-0.4, -0.2) is 32.3 Å². The quantitative estimate of drug-likeness (QED) is 0.273. The van der Waals surface area contributed by atoms with Crippen LogP contribution in [0.5, 0.6) is 5.75 Å². The number of hydrogen-bond acceptors (Lipinski definition) is 5. The summed E-state index contributed by atoms with van der Waals surface area (Å²) in [4.78, 5) is 25.0. The van der Waals surface area contributed by atoms with E-state index in [-0.39, 0.29) is 11.5 Å². The number of H-pyrrole nitrogens is 1. The van der Waals surface area contributed by atoms with Gasteiger partial charge in [-0.1, -0.05) is 43.7 Å². The first kappa shape index (κ1) is 23.0. The minimum atomic E-state index is -0.248. The van der Waals surface area contributed by atoms with Crippen LogP contribution in [0.4, 0.5) is 5.69 Å². The number of hydrogen-bond donors (Lipinski definition) is 3. The van der Waals surface area contributed by atoms with Crippen LogP contribution >= 0.6 is 0 Å². The summed E-state index contributed by atoms with van der Waals surface area (Å²) < 4.78 is 7.40. The maximum absolute atomic E-state index is 12.9. The maximum atomic E-state index is 12.9. The van der Waals surface area contributed by atoms with Crippen LogP contribution in [0.2, 0.25) is 0 Å². The van der Waals surface area contributed by atoms with Gasteiger partial charge in [0.15, 0.2) is 11.5 Å². The summed E-state index contributed by atoms with van der Waals surface area (Å²) in [7, 11) is 1.76. The van der Waals surface area contributed by atoms with Gasteiger partial charge in [-0.05, 0) is 37.1 Å². The lowest BCUT2D eigenvalue weighted by molar-refractivity contribution is 0.341. The van der Waals surface area contributed by atoms with Crippen molar-refractivity contribution in [1.29, 1.82) is 0 Å². The van der Waals surface area contributed by atoms with Gasteiger partial charge in [-0.3, -0.25) is 9.48 Å². The van der Waals surface area contributed by atoms with Crippen molar-refractivity contribution in [2.75, 3.05) is 11.9 Å². The molecule has 4 N–H and O–H groups in total. The number of anilines is 1. The molecule has 0 bridgehead atoms. The van der Waals surface area contributed by atoms with Gasteiger partial charge in [0.1, 0.15) is 17.1 Å². The van der Waals surface area contributed by atoms with E-state index in [0.717, 1.165) is 24.1 Å². The van der Waals surface area contributed by atoms with Crippen LogP contribution in [-0.2, 0) is 20.0 Å². The molecule has 9 heteroatoms. The molecule has 4 rings (SSSR count). The predicted octanol–water partition coefficient (Wildman–Crippen LogP) is 3.60. The van der Waals surface area contributed by atoms with Crippen molar-refractivity contribution in [3.8, 4) is 17.1 Å². The number of aromatic nitrogens is 4. The molecule has 0 aliphatic heterocycles. The number of nitrogens with zero attached hydrogens (tertiary/aromatic N) is 4. The predicted molar refractivity (Wildman–Crippen MR) is 135 cm³/mol. The second-order valence-corrected chi connectivity index (χ2v) is 7.89. The Labute approximate surface area is 197 Å². The number of guanidine groups is 1.